The van der Waals surface area contributed by atoms with Gasteiger partial charge in [-0.1, -0.05) is 394 Å². The highest BCUT2D eigenvalue weighted by molar-refractivity contribution is 6.36. The maximum absolute atomic E-state index is 2.84. The van der Waals surface area contributed by atoms with Gasteiger partial charge in [-0.2, -0.15) is 0 Å². The van der Waals surface area contributed by atoms with Crippen molar-refractivity contribution >= 4 is 87.2 Å². The molecule has 132 heavy (non-hydrogen) atoms. The third-order valence-corrected chi connectivity index (χ3v) is 31.6. The molecule has 0 saturated carbocycles. The van der Waals surface area contributed by atoms with Crippen LogP contribution in [0, 0.1) is 0 Å². The van der Waals surface area contributed by atoms with E-state index in [9.17, 15) is 0 Å². The Morgan fingerprint density at radius 3 is 0.667 bits per heavy atom. The van der Waals surface area contributed by atoms with Crippen molar-refractivity contribution in [3.8, 4) is 111 Å². The molecule has 4 unspecified atom stereocenters. The number of hydrogen-bond acceptors (Lipinski definition) is 0. The van der Waals surface area contributed by atoms with E-state index in [1.807, 2.05) is 0 Å². The molecule has 12 heterocycles. The maximum Gasteiger partial charge on any atom is 0.0858 e. The molecule has 0 bridgehead atoms. The van der Waals surface area contributed by atoms with Crippen LogP contribution in [0.15, 0.2) is 413 Å². The van der Waals surface area contributed by atoms with Gasteiger partial charge in [-0.25, -0.2) is 0 Å². The Hall–Kier alpha value is -16.4. The van der Waals surface area contributed by atoms with Crippen LogP contribution >= 0.6 is 0 Å². The van der Waals surface area contributed by atoms with E-state index < -0.39 is 0 Å². The summed E-state index contributed by atoms with van der Waals surface area (Å²) in [5.41, 5.74) is 60.3. The van der Waals surface area contributed by atoms with Gasteiger partial charge in [0, 0.05) is 70.9 Å². The average molecular weight is 1670 g/mol. The molecule has 24 aromatic rings. The van der Waals surface area contributed by atoms with Crippen molar-refractivity contribution < 1.29 is 0 Å². The first-order valence-corrected chi connectivity index (χ1v) is 47.0. The minimum Gasteiger partial charge on any atom is -0.327 e. The molecule has 4 heteroatoms. The van der Waals surface area contributed by atoms with Crippen molar-refractivity contribution in [2.24, 2.45) is 0 Å². The highest BCUT2D eigenvalue weighted by Gasteiger charge is 2.50. The second kappa shape index (κ2) is 26.6. The number of benzene rings is 20. The summed E-state index contributed by atoms with van der Waals surface area (Å²) in [7, 11) is 0. The summed E-state index contributed by atoms with van der Waals surface area (Å²) in [6.45, 7) is 0. The van der Waals surface area contributed by atoms with Crippen LogP contribution in [0.25, 0.3) is 198 Å². The summed E-state index contributed by atoms with van der Waals surface area (Å²) in [4.78, 5) is 0. The van der Waals surface area contributed by atoms with Crippen LogP contribution in [-0.2, 0) is 25.7 Å². The fourth-order valence-electron chi connectivity index (χ4n) is 26.9. The van der Waals surface area contributed by atoms with E-state index in [-0.39, 0.29) is 24.2 Å². The lowest BCUT2D eigenvalue weighted by atomic mass is 9.72. The van der Waals surface area contributed by atoms with Gasteiger partial charge < -0.3 is 18.3 Å². The maximum atomic E-state index is 2.84. The Morgan fingerprint density at radius 1 is 0.136 bits per heavy atom. The zero-order valence-electron chi connectivity index (χ0n) is 72.2. The van der Waals surface area contributed by atoms with Crippen molar-refractivity contribution in [1.29, 1.82) is 0 Å². The Balaban J connectivity index is 0.000000125. The minimum absolute atomic E-state index is 0.0571. The van der Waals surface area contributed by atoms with Crippen molar-refractivity contribution in [2.45, 2.75) is 49.9 Å². The number of fused-ring (bicyclic) bond motifs is 16. The van der Waals surface area contributed by atoms with Gasteiger partial charge in [-0.3, -0.25) is 0 Å². The number of para-hydroxylation sites is 2. The first kappa shape index (κ1) is 71.6. The second-order valence-corrected chi connectivity index (χ2v) is 37.9. The summed E-state index contributed by atoms with van der Waals surface area (Å²) in [5.74, 6) is 0. The SMILES string of the molecule is c1ccc(-c2ccccc2Cc2cccc(Cc3cccc(Cc4cccc(Cc5ccccc5-c5ccccc5)c4-c4ccccc4)c3-c3ccccc3)c2-c2ccccc2)cc1.c1ccc2c(c1)-c1cccc3c4cc5c6cc7c8cc9c%10cccc%11c%10n%10c9c9c8n8c7c7c6n6c5c5c4n(c13)C2c1cccc(c1-5)C6c1cccc(c1-7)C8c1cccc(c1-9)C%10c1ccccc1-%11. The van der Waals surface area contributed by atoms with Gasteiger partial charge in [0.05, 0.1) is 68.3 Å². The van der Waals surface area contributed by atoms with Crippen molar-refractivity contribution in [3.05, 3.63) is 502 Å². The summed E-state index contributed by atoms with van der Waals surface area (Å²) in [6, 6.07) is 156. The number of nitrogens with zero attached hydrogens (tertiary/aromatic N) is 4. The van der Waals surface area contributed by atoms with Gasteiger partial charge in [0.1, 0.15) is 0 Å². The van der Waals surface area contributed by atoms with Gasteiger partial charge in [-0.15, -0.1) is 0 Å². The highest BCUT2D eigenvalue weighted by atomic mass is 15.1. The topological polar surface area (TPSA) is 19.7 Å². The van der Waals surface area contributed by atoms with E-state index in [4.69, 9.17) is 0 Å². The summed E-state index contributed by atoms with van der Waals surface area (Å²) < 4.78 is 11.2. The lowest BCUT2D eigenvalue weighted by Crippen LogP contribution is -2.30. The molecule has 32 rings (SSSR count). The van der Waals surface area contributed by atoms with E-state index >= 15 is 0 Å². The molecule has 612 valence electrons. The zero-order valence-corrected chi connectivity index (χ0v) is 72.2. The molecule has 0 fully saturated rings. The number of hydrogen-bond donors (Lipinski definition) is 0. The molecule has 0 aliphatic carbocycles. The fourth-order valence-corrected chi connectivity index (χ4v) is 26.9. The monoisotopic (exact) mass is 1670 g/mol. The molecule has 8 aliphatic heterocycles. The van der Waals surface area contributed by atoms with Gasteiger partial charge >= 0.3 is 0 Å². The molecule has 4 aromatic heterocycles. The molecule has 8 aliphatic rings. The van der Waals surface area contributed by atoms with E-state index in [0.717, 1.165) is 25.7 Å². The first-order valence-electron chi connectivity index (χ1n) is 47.0. The zero-order chi connectivity index (χ0) is 85.6. The van der Waals surface area contributed by atoms with Gasteiger partial charge in [-0.05, 0) is 216 Å². The van der Waals surface area contributed by atoms with Gasteiger partial charge in [0.2, 0.25) is 0 Å². The molecular weight excluding hydrogens is 1590 g/mol. The number of rotatable bonds is 13. The predicted octanol–water partition coefficient (Wildman–Crippen LogP) is 31.9. The minimum atomic E-state index is 0.0571. The molecular formula is C128H80N4. The Kier molecular flexibility index (Phi) is 14.5. The average Bonchev–Trinajstić information content (AvgIpc) is 1.46. The van der Waals surface area contributed by atoms with Crippen LogP contribution in [-0.4, -0.2) is 18.3 Å². The normalized spacial score (nSPS) is 15.4. The molecule has 0 N–H and O–H groups in total. The Labute approximate surface area is 762 Å². The largest absolute Gasteiger partial charge is 0.327 e. The molecule has 4 atom stereocenters. The van der Waals surface area contributed by atoms with Crippen molar-refractivity contribution in [3.63, 3.8) is 0 Å². The van der Waals surface area contributed by atoms with Crippen LogP contribution in [0.2, 0.25) is 0 Å². The summed E-state index contributed by atoms with van der Waals surface area (Å²) >= 11 is 0. The Morgan fingerprint density at radius 2 is 0.348 bits per heavy atom. The van der Waals surface area contributed by atoms with E-state index in [2.05, 4.69) is 431 Å². The van der Waals surface area contributed by atoms with E-state index in [0.29, 0.717) is 0 Å². The molecule has 0 saturated heterocycles. The molecule has 0 radical (unpaired) electrons. The van der Waals surface area contributed by atoms with E-state index in [1.54, 1.807) is 0 Å². The predicted molar refractivity (Wildman–Crippen MR) is 545 cm³/mol. The van der Waals surface area contributed by atoms with Crippen LogP contribution in [0.1, 0.15) is 113 Å². The molecule has 0 amide bonds. The van der Waals surface area contributed by atoms with Crippen LogP contribution in [0.4, 0.5) is 0 Å². The fraction of sp³-hybridized carbons (Fsp3) is 0.0625. The summed E-state index contributed by atoms with van der Waals surface area (Å²) in [5, 5.41) is 11.0. The van der Waals surface area contributed by atoms with Gasteiger partial charge in [0.25, 0.3) is 0 Å². The lowest BCUT2D eigenvalue weighted by Gasteiger charge is -2.44. The van der Waals surface area contributed by atoms with Gasteiger partial charge in [0.15, 0.2) is 0 Å². The van der Waals surface area contributed by atoms with Crippen LogP contribution < -0.4 is 0 Å². The van der Waals surface area contributed by atoms with Crippen molar-refractivity contribution in [1.82, 2.24) is 18.3 Å². The highest BCUT2D eigenvalue weighted by Crippen LogP contribution is 2.69. The number of aromatic nitrogens is 4. The molecule has 4 nitrogen and oxygen atoms in total. The van der Waals surface area contributed by atoms with E-state index in [1.165, 1.54) is 288 Å². The lowest BCUT2D eigenvalue weighted by molar-refractivity contribution is 0.669. The van der Waals surface area contributed by atoms with Crippen LogP contribution in [0.5, 0.6) is 0 Å². The van der Waals surface area contributed by atoms with Crippen molar-refractivity contribution in [2.75, 3.05) is 0 Å². The third kappa shape index (κ3) is 9.39. The first-order chi connectivity index (χ1) is 65.6. The molecule has 0 spiro atoms. The quantitative estimate of drug-likeness (QED) is 0.110. The second-order valence-electron chi connectivity index (χ2n) is 37.9. The third-order valence-electron chi connectivity index (χ3n) is 31.6. The Bertz CT molecular complexity index is 8770. The smallest absolute Gasteiger partial charge is 0.0858 e. The molecule has 20 aromatic carbocycles. The van der Waals surface area contributed by atoms with Crippen LogP contribution in [0.3, 0.4) is 0 Å². The standard InChI is InChI=1S/C64H30N4.C64H50/c1-3-12-29-27(10-1)31-14-5-16-33-41-24-43-45-26-46-44-25-42-34-17-6-15-32-28-11-2-4-13-30(28)56-36-19-8-21-38-48(36)51(60(42)66(56)54(32)34)62(44)68-58(38)40-23-9-22-39-49(40)52(64(46)68)63(45)67-57(39)37-20-7-18-35-47(37)50(61(43)67)59(41)65(53(31)33)55(29)35;1-6-23-47(24-7-1)60-41-18-16-33-52(60)43-54-35-20-37-56(62(54)49-27-10-3-11-28-49)45-58-39-22-40-59(64(58)51-31-14-5-15-32-51)46-57-38-21-36-55(63(57)50-29-12-4-13-30-50)44-53-34-17-19-42-61(53)48-25-8-2-9-26-48/h1-26,55-58H;1-42H,43-46H2. The summed E-state index contributed by atoms with van der Waals surface area (Å²) in [6.07, 6.45) is 3.28.